The molecule has 1 aliphatic rings. The second kappa shape index (κ2) is 5.23. The highest BCUT2D eigenvalue weighted by atomic mass is 16.1. The summed E-state index contributed by atoms with van der Waals surface area (Å²) >= 11 is 0. The van der Waals surface area contributed by atoms with Gasteiger partial charge in [0.1, 0.15) is 0 Å². The first-order chi connectivity index (χ1) is 8.50. The van der Waals surface area contributed by atoms with Gasteiger partial charge >= 0.3 is 0 Å². The van der Waals surface area contributed by atoms with Crippen LogP contribution in [-0.4, -0.2) is 18.4 Å². The Hall–Kier alpha value is -1.15. The second-order valence-electron chi connectivity index (χ2n) is 5.54. The summed E-state index contributed by atoms with van der Waals surface area (Å²) in [6, 6.07) is 2.85. The summed E-state index contributed by atoms with van der Waals surface area (Å²) in [5, 5.41) is 3.40. The minimum Gasteiger partial charge on any atom is -0.314 e. The highest BCUT2D eigenvalue weighted by molar-refractivity contribution is 5.99. The fourth-order valence-electron chi connectivity index (χ4n) is 2.44. The van der Waals surface area contributed by atoms with Gasteiger partial charge in [0, 0.05) is 24.6 Å². The number of rotatable bonds is 5. The van der Waals surface area contributed by atoms with Crippen molar-refractivity contribution >= 4 is 5.78 Å². The minimum absolute atomic E-state index is 0.282. The maximum absolute atomic E-state index is 12.4. The number of aryl methyl sites for hydroxylation is 2. The van der Waals surface area contributed by atoms with Crippen molar-refractivity contribution in [3.8, 4) is 0 Å². The van der Waals surface area contributed by atoms with Crippen LogP contribution in [0.2, 0.25) is 0 Å². The Balaban J connectivity index is 2.12. The molecule has 0 saturated heterocycles. The molecule has 18 heavy (non-hydrogen) atoms. The fraction of sp³-hybridized carbons (Fsp3) is 0.562. The molecular weight excluding hydrogens is 222 g/mol. The van der Waals surface area contributed by atoms with Gasteiger partial charge in [-0.15, -0.1) is 0 Å². The third-order valence-electron chi connectivity index (χ3n) is 4.01. The van der Waals surface area contributed by atoms with E-state index in [1.165, 1.54) is 24.0 Å². The summed E-state index contributed by atoms with van der Waals surface area (Å²) in [5.74, 6) is 0.282. The lowest BCUT2D eigenvalue weighted by Gasteiger charge is -2.14. The van der Waals surface area contributed by atoms with E-state index in [2.05, 4.69) is 39.1 Å². The van der Waals surface area contributed by atoms with Crippen molar-refractivity contribution in [3.63, 3.8) is 0 Å². The number of hydrogen-bond donors (Lipinski definition) is 1. The molecule has 1 fully saturated rings. The first kappa shape index (κ1) is 13.3. The third-order valence-corrected chi connectivity index (χ3v) is 4.01. The molecule has 1 aromatic carbocycles. The van der Waals surface area contributed by atoms with E-state index < -0.39 is 0 Å². The SMILES string of the molecule is Cc1cc(C)c(C)c(C(=O)CCNC2CC2)c1C. The van der Waals surface area contributed by atoms with E-state index in [1.807, 2.05) is 0 Å². The highest BCUT2D eigenvalue weighted by Gasteiger charge is 2.21. The number of carbonyl (C=O) groups excluding carboxylic acids is 1. The average Bonchev–Trinajstić information content (AvgIpc) is 3.11. The molecule has 2 rings (SSSR count). The van der Waals surface area contributed by atoms with Crippen molar-refractivity contribution < 1.29 is 4.79 Å². The fourth-order valence-corrected chi connectivity index (χ4v) is 2.44. The molecule has 2 heteroatoms. The van der Waals surface area contributed by atoms with Crippen LogP contribution in [0.15, 0.2) is 6.07 Å². The van der Waals surface area contributed by atoms with Gasteiger partial charge in [-0.25, -0.2) is 0 Å². The molecule has 0 aliphatic heterocycles. The molecule has 2 nitrogen and oxygen atoms in total. The lowest BCUT2D eigenvalue weighted by Crippen LogP contribution is -2.21. The normalized spacial score (nSPS) is 14.9. The minimum atomic E-state index is 0.282. The molecular formula is C16H23NO. The summed E-state index contributed by atoms with van der Waals surface area (Å²) in [6.07, 6.45) is 3.16. The lowest BCUT2D eigenvalue weighted by atomic mass is 9.91. The smallest absolute Gasteiger partial charge is 0.164 e. The van der Waals surface area contributed by atoms with Crippen LogP contribution in [-0.2, 0) is 0 Å². The standard InChI is InChI=1S/C16H23NO/c1-10-9-11(2)13(4)16(12(10)3)15(18)7-8-17-14-5-6-14/h9,14,17H,5-8H2,1-4H3. The van der Waals surface area contributed by atoms with E-state index in [4.69, 9.17) is 0 Å². The van der Waals surface area contributed by atoms with Crippen LogP contribution in [0.25, 0.3) is 0 Å². The Morgan fingerprint density at radius 3 is 2.22 bits per heavy atom. The Kier molecular flexibility index (Phi) is 3.86. The summed E-state index contributed by atoms with van der Waals surface area (Å²) in [7, 11) is 0. The molecule has 1 aromatic rings. The number of hydrogen-bond acceptors (Lipinski definition) is 2. The summed E-state index contributed by atoms with van der Waals surface area (Å²) < 4.78 is 0. The van der Waals surface area contributed by atoms with Gasteiger partial charge in [-0.3, -0.25) is 4.79 Å². The van der Waals surface area contributed by atoms with Crippen molar-refractivity contribution in [2.45, 2.75) is 53.0 Å². The van der Waals surface area contributed by atoms with Crippen molar-refractivity contribution in [1.29, 1.82) is 0 Å². The van der Waals surface area contributed by atoms with Crippen molar-refractivity contribution in [2.24, 2.45) is 0 Å². The summed E-state index contributed by atoms with van der Waals surface area (Å²) in [5.41, 5.74) is 5.68. The quantitative estimate of drug-likeness (QED) is 0.807. The first-order valence-electron chi connectivity index (χ1n) is 6.84. The molecule has 0 atom stereocenters. The molecule has 0 unspecified atom stereocenters. The van der Waals surface area contributed by atoms with E-state index in [0.717, 1.165) is 23.2 Å². The monoisotopic (exact) mass is 245 g/mol. The van der Waals surface area contributed by atoms with E-state index in [1.54, 1.807) is 0 Å². The molecule has 0 aromatic heterocycles. The number of benzene rings is 1. The number of Topliss-reactive ketones (excluding diaryl/α,β-unsaturated/α-hetero) is 1. The first-order valence-corrected chi connectivity index (χ1v) is 6.84. The van der Waals surface area contributed by atoms with Gasteiger partial charge in [0.25, 0.3) is 0 Å². The predicted molar refractivity (Wildman–Crippen MR) is 75.4 cm³/mol. The van der Waals surface area contributed by atoms with Crippen LogP contribution < -0.4 is 5.32 Å². The summed E-state index contributed by atoms with van der Waals surface area (Å²) in [4.78, 5) is 12.4. The van der Waals surface area contributed by atoms with Crippen LogP contribution >= 0.6 is 0 Å². The van der Waals surface area contributed by atoms with Gasteiger partial charge < -0.3 is 5.32 Å². The van der Waals surface area contributed by atoms with Gasteiger partial charge in [0.15, 0.2) is 5.78 Å². The Morgan fingerprint density at radius 1 is 1.17 bits per heavy atom. The van der Waals surface area contributed by atoms with Crippen LogP contribution in [0.5, 0.6) is 0 Å². The van der Waals surface area contributed by atoms with E-state index in [0.29, 0.717) is 12.5 Å². The largest absolute Gasteiger partial charge is 0.314 e. The van der Waals surface area contributed by atoms with Crippen LogP contribution in [0, 0.1) is 27.7 Å². The van der Waals surface area contributed by atoms with Gasteiger partial charge in [-0.2, -0.15) is 0 Å². The van der Waals surface area contributed by atoms with Crippen LogP contribution in [0.3, 0.4) is 0 Å². The van der Waals surface area contributed by atoms with Gasteiger partial charge in [-0.1, -0.05) is 6.07 Å². The van der Waals surface area contributed by atoms with Crippen molar-refractivity contribution in [3.05, 3.63) is 33.9 Å². The number of nitrogens with one attached hydrogen (secondary N) is 1. The zero-order chi connectivity index (χ0) is 13.3. The lowest BCUT2D eigenvalue weighted by molar-refractivity contribution is 0.0981. The maximum atomic E-state index is 12.4. The zero-order valence-corrected chi connectivity index (χ0v) is 11.9. The van der Waals surface area contributed by atoms with Gasteiger partial charge in [0.2, 0.25) is 0 Å². The molecule has 1 aliphatic carbocycles. The topological polar surface area (TPSA) is 29.1 Å². The molecule has 98 valence electrons. The Labute approximate surface area is 110 Å². The number of ketones is 1. The molecule has 1 N–H and O–H groups in total. The molecule has 0 spiro atoms. The van der Waals surface area contributed by atoms with Gasteiger partial charge in [0.05, 0.1) is 0 Å². The Bertz CT molecular complexity index is 446. The molecule has 0 heterocycles. The summed E-state index contributed by atoms with van der Waals surface area (Å²) in [6.45, 7) is 9.10. The number of carbonyl (C=O) groups is 1. The molecule has 0 amide bonds. The van der Waals surface area contributed by atoms with Gasteiger partial charge in [-0.05, 0) is 62.8 Å². The van der Waals surface area contributed by atoms with E-state index in [-0.39, 0.29) is 5.78 Å². The Morgan fingerprint density at radius 2 is 1.72 bits per heavy atom. The van der Waals surface area contributed by atoms with Crippen LogP contribution in [0.1, 0.15) is 51.9 Å². The molecule has 0 bridgehead atoms. The van der Waals surface area contributed by atoms with Crippen molar-refractivity contribution in [1.82, 2.24) is 5.32 Å². The zero-order valence-electron chi connectivity index (χ0n) is 11.9. The second-order valence-corrected chi connectivity index (χ2v) is 5.54. The van der Waals surface area contributed by atoms with Crippen LogP contribution in [0.4, 0.5) is 0 Å². The highest BCUT2D eigenvalue weighted by Crippen LogP contribution is 2.23. The predicted octanol–water partition coefficient (Wildman–Crippen LogP) is 3.25. The maximum Gasteiger partial charge on any atom is 0.164 e. The third kappa shape index (κ3) is 2.81. The molecule has 0 radical (unpaired) electrons. The van der Waals surface area contributed by atoms with E-state index >= 15 is 0 Å². The van der Waals surface area contributed by atoms with Crippen molar-refractivity contribution in [2.75, 3.05) is 6.54 Å². The van der Waals surface area contributed by atoms with E-state index in [9.17, 15) is 4.79 Å². The average molecular weight is 245 g/mol. The molecule has 1 saturated carbocycles.